The van der Waals surface area contributed by atoms with Gasteiger partial charge >= 0.3 is 0 Å². The summed E-state index contributed by atoms with van der Waals surface area (Å²) in [6, 6.07) is 5.14. The van der Waals surface area contributed by atoms with Gasteiger partial charge in [0, 0.05) is 11.0 Å². The van der Waals surface area contributed by atoms with E-state index in [2.05, 4.69) is 27.8 Å². The van der Waals surface area contributed by atoms with Gasteiger partial charge in [0.1, 0.15) is 0 Å². The lowest BCUT2D eigenvalue weighted by Gasteiger charge is -2.04. The van der Waals surface area contributed by atoms with E-state index in [1.807, 2.05) is 0 Å². The van der Waals surface area contributed by atoms with Crippen molar-refractivity contribution in [2.45, 2.75) is 0 Å². The minimum absolute atomic E-state index is 0.198. The number of amides is 1. The normalized spacial score (nSPS) is 9.57. The molecule has 0 aliphatic rings. The van der Waals surface area contributed by atoms with Crippen LogP contribution in [0.1, 0.15) is 10.4 Å². The lowest BCUT2D eigenvalue weighted by molar-refractivity contribution is 0.0958. The Balaban J connectivity index is 2.88. The van der Waals surface area contributed by atoms with Gasteiger partial charge in [0.15, 0.2) is 0 Å². The zero-order chi connectivity index (χ0) is 10.6. The van der Waals surface area contributed by atoms with Crippen LogP contribution in [0.4, 0.5) is 0 Å². The predicted molar refractivity (Wildman–Crippen MR) is 61.7 cm³/mol. The molecular formula is C10H9BrClNO. The number of hydrogen-bond donors (Lipinski definition) is 1. The lowest BCUT2D eigenvalue weighted by atomic mass is 10.2. The molecule has 0 unspecified atom stereocenters. The minimum Gasteiger partial charge on any atom is -0.349 e. The third kappa shape index (κ3) is 2.86. The number of carbonyl (C=O) groups is 1. The van der Waals surface area contributed by atoms with E-state index in [0.29, 0.717) is 17.1 Å². The first-order valence-electron chi connectivity index (χ1n) is 3.99. The van der Waals surface area contributed by atoms with Crippen LogP contribution in [0.15, 0.2) is 35.3 Å². The Hall–Kier alpha value is -0.800. The van der Waals surface area contributed by atoms with Crippen LogP contribution in [0.2, 0.25) is 5.02 Å². The minimum atomic E-state index is -0.198. The number of hydrogen-bond acceptors (Lipinski definition) is 1. The number of nitrogens with one attached hydrogen (secondary N) is 1. The summed E-state index contributed by atoms with van der Waals surface area (Å²) in [6.07, 6.45) is 1.61. The zero-order valence-electron chi connectivity index (χ0n) is 7.39. The highest BCUT2D eigenvalue weighted by Crippen LogP contribution is 2.20. The molecule has 1 N–H and O–H groups in total. The van der Waals surface area contributed by atoms with Crippen LogP contribution in [0.5, 0.6) is 0 Å². The van der Waals surface area contributed by atoms with Gasteiger partial charge < -0.3 is 5.32 Å². The van der Waals surface area contributed by atoms with Crippen LogP contribution in [0, 0.1) is 0 Å². The SMILES string of the molecule is C=CCNC(=O)c1cc(Br)ccc1Cl. The number of benzene rings is 1. The fraction of sp³-hybridized carbons (Fsp3) is 0.100. The summed E-state index contributed by atoms with van der Waals surface area (Å²) >= 11 is 9.14. The van der Waals surface area contributed by atoms with E-state index in [0.717, 1.165) is 4.47 Å². The van der Waals surface area contributed by atoms with Gasteiger partial charge in [0.25, 0.3) is 5.91 Å². The molecule has 0 spiro atoms. The highest BCUT2D eigenvalue weighted by atomic mass is 79.9. The summed E-state index contributed by atoms with van der Waals surface area (Å²) in [4.78, 5) is 11.5. The van der Waals surface area contributed by atoms with Crippen LogP contribution < -0.4 is 5.32 Å². The molecule has 0 aliphatic heterocycles. The van der Waals surface area contributed by atoms with Gasteiger partial charge in [-0.15, -0.1) is 6.58 Å². The molecule has 0 heterocycles. The Morgan fingerprint density at radius 1 is 1.64 bits per heavy atom. The van der Waals surface area contributed by atoms with Crippen molar-refractivity contribution in [1.82, 2.24) is 5.32 Å². The maximum atomic E-state index is 11.5. The van der Waals surface area contributed by atoms with Crippen LogP contribution in [-0.2, 0) is 0 Å². The fourth-order valence-corrected chi connectivity index (χ4v) is 1.50. The van der Waals surface area contributed by atoms with Gasteiger partial charge in [0.05, 0.1) is 10.6 Å². The largest absolute Gasteiger partial charge is 0.349 e. The summed E-state index contributed by atoms with van der Waals surface area (Å²) < 4.78 is 0.825. The lowest BCUT2D eigenvalue weighted by Crippen LogP contribution is -2.23. The Morgan fingerprint density at radius 2 is 2.36 bits per heavy atom. The molecule has 1 aromatic carbocycles. The van der Waals surface area contributed by atoms with Gasteiger partial charge in [-0.2, -0.15) is 0 Å². The Kier molecular flexibility index (Phi) is 4.17. The standard InChI is InChI=1S/C10H9BrClNO/c1-2-5-13-10(14)8-6-7(11)3-4-9(8)12/h2-4,6H,1,5H2,(H,13,14). The first kappa shape index (κ1) is 11.3. The molecule has 1 rings (SSSR count). The number of rotatable bonds is 3. The van der Waals surface area contributed by atoms with Crippen LogP contribution >= 0.6 is 27.5 Å². The van der Waals surface area contributed by atoms with Crippen LogP contribution in [0.25, 0.3) is 0 Å². The highest BCUT2D eigenvalue weighted by molar-refractivity contribution is 9.10. The van der Waals surface area contributed by atoms with E-state index in [-0.39, 0.29) is 5.91 Å². The van der Waals surface area contributed by atoms with Crippen molar-refractivity contribution in [2.24, 2.45) is 0 Å². The molecule has 1 amide bonds. The molecule has 0 bridgehead atoms. The molecule has 0 radical (unpaired) electrons. The molecule has 2 nitrogen and oxygen atoms in total. The smallest absolute Gasteiger partial charge is 0.253 e. The quantitative estimate of drug-likeness (QED) is 0.844. The Labute approximate surface area is 96.1 Å². The summed E-state index contributed by atoms with van der Waals surface area (Å²) in [6.45, 7) is 3.94. The third-order valence-corrected chi connectivity index (χ3v) is 2.40. The van der Waals surface area contributed by atoms with Crippen molar-refractivity contribution < 1.29 is 4.79 Å². The van der Waals surface area contributed by atoms with Crippen molar-refractivity contribution >= 4 is 33.4 Å². The van der Waals surface area contributed by atoms with Crippen molar-refractivity contribution in [3.63, 3.8) is 0 Å². The number of carbonyl (C=O) groups excluding carboxylic acids is 1. The second kappa shape index (κ2) is 5.17. The molecule has 74 valence electrons. The molecule has 0 saturated heterocycles. The van der Waals surface area contributed by atoms with Gasteiger partial charge in [-0.05, 0) is 18.2 Å². The van der Waals surface area contributed by atoms with Crippen LogP contribution in [0.3, 0.4) is 0 Å². The van der Waals surface area contributed by atoms with Crippen LogP contribution in [-0.4, -0.2) is 12.5 Å². The monoisotopic (exact) mass is 273 g/mol. The first-order valence-corrected chi connectivity index (χ1v) is 5.16. The average molecular weight is 275 g/mol. The van der Waals surface area contributed by atoms with E-state index >= 15 is 0 Å². The Morgan fingerprint density at radius 3 is 3.00 bits per heavy atom. The van der Waals surface area contributed by atoms with E-state index in [9.17, 15) is 4.79 Å². The third-order valence-electron chi connectivity index (χ3n) is 1.58. The maximum Gasteiger partial charge on any atom is 0.253 e. The molecule has 0 saturated carbocycles. The second-order valence-corrected chi connectivity index (χ2v) is 3.95. The van der Waals surface area contributed by atoms with E-state index in [4.69, 9.17) is 11.6 Å². The summed E-state index contributed by atoms with van der Waals surface area (Å²) in [5.41, 5.74) is 0.461. The first-order chi connectivity index (χ1) is 6.65. The summed E-state index contributed by atoms with van der Waals surface area (Å²) in [5.74, 6) is -0.198. The van der Waals surface area contributed by atoms with Crippen molar-refractivity contribution in [3.8, 4) is 0 Å². The van der Waals surface area contributed by atoms with Gasteiger partial charge in [0.2, 0.25) is 0 Å². The highest BCUT2D eigenvalue weighted by Gasteiger charge is 2.09. The van der Waals surface area contributed by atoms with Crippen molar-refractivity contribution in [1.29, 1.82) is 0 Å². The molecule has 0 aromatic heterocycles. The van der Waals surface area contributed by atoms with Gasteiger partial charge in [-0.3, -0.25) is 4.79 Å². The van der Waals surface area contributed by atoms with Crippen molar-refractivity contribution in [2.75, 3.05) is 6.54 Å². The van der Waals surface area contributed by atoms with Gasteiger partial charge in [-0.25, -0.2) is 0 Å². The predicted octanol–water partition coefficient (Wildman–Crippen LogP) is 3.02. The average Bonchev–Trinajstić information content (AvgIpc) is 2.18. The fourth-order valence-electron chi connectivity index (χ4n) is 0.932. The summed E-state index contributed by atoms with van der Waals surface area (Å²) in [5, 5.41) is 3.09. The second-order valence-electron chi connectivity index (χ2n) is 2.62. The topological polar surface area (TPSA) is 29.1 Å². The Bertz CT molecular complexity index is 365. The van der Waals surface area contributed by atoms with E-state index in [1.54, 1.807) is 24.3 Å². The zero-order valence-corrected chi connectivity index (χ0v) is 9.73. The van der Waals surface area contributed by atoms with E-state index < -0.39 is 0 Å². The van der Waals surface area contributed by atoms with Gasteiger partial charge in [-0.1, -0.05) is 33.6 Å². The molecule has 14 heavy (non-hydrogen) atoms. The van der Waals surface area contributed by atoms with Crippen molar-refractivity contribution in [3.05, 3.63) is 45.9 Å². The molecule has 0 aliphatic carbocycles. The molecule has 0 fully saturated rings. The molecular weight excluding hydrogens is 265 g/mol. The number of halogens is 2. The van der Waals surface area contributed by atoms with E-state index in [1.165, 1.54) is 0 Å². The maximum absolute atomic E-state index is 11.5. The molecule has 1 aromatic rings. The summed E-state index contributed by atoms with van der Waals surface area (Å²) in [7, 11) is 0. The molecule has 4 heteroatoms. The molecule has 0 atom stereocenters.